The van der Waals surface area contributed by atoms with E-state index in [1.165, 1.54) is 0 Å². The molecular formula is C10H19NO3. The fourth-order valence-electron chi connectivity index (χ4n) is 1.96. The smallest absolute Gasteiger partial charge is 0.303 e. The third kappa shape index (κ3) is 2.96. The van der Waals surface area contributed by atoms with Crippen LogP contribution in [0.2, 0.25) is 0 Å². The van der Waals surface area contributed by atoms with Crippen LogP contribution < -0.4 is 5.73 Å². The second kappa shape index (κ2) is 4.75. The van der Waals surface area contributed by atoms with Gasteiger partial charge in [0.25, 0.3) is 0 Å². The minimum Gasteiger partial charge on any atom is -0.481 e. The van der Waals surface area contributed by atoms with Crippen LogP contribution in [-0.4, -0.2) is 23.9 Å². The maximum Gasteiger partial charge on any atom is 0.303 e. The topological polar surface area (TPSA) is 72.5 Å². The van der Waals surface area contributed by atoms with E-state index in [-0.39, 0.29) is 24.5 Å². The average Bonchev–Trinajstić information content (AvgIpc) is 1.99. The molecule has 0 aromatic rings. The van der Waals surface area contributed by atoms with Gasteiger partial charge in [-0.15, -0.1) is 0 Å². The van der Waals surface area contributed by atoms with E-state index in [0.717, 1.165) is 6.42 Å². The number of carboxylic acid groups (broad SMARTS) is 1. The Kier molecular flexibility index (Phi) is 3.89. The van der Waals surface area contributed by atoms with E-state index in [2.05, 4.69) is 13.8 Å². The Morgan fingerprint density at radius 2 is 2.29 bits per heavy atom. The molecule has 82 valence electrons. The van der Waals surface area contributed by atoms with E-state index < -0.39 is 5.97 Å². The van der Waals surface area contributed by atoms with Crippen molar-refractivity contribution in [2.24, 2.45) is 23.5 Å². The Balaban J connectivity index is 2.47. The summed E-state index contributed by atoms with van der Waals surface area (Å²) in [5, 5.41) is 8.77. The normalized spacial score (nSPS) is 28.6. The summed E-state index contributed by atoms with van der Waals surface area (Å²) < 4.78 is 5.07. The first-order valence-electron chi connectivity index (χ1n) is 5.09. The van der Waals surface area contributed by atoms with Crippen molar-refractivity contribution >= 4 is 5.97 Å². The average molecular weight is 201 g/mol. The number of ether oxygens (including phenoxy) is 1. The Hall–Kier alpha value is -0.610. The molecule has 0 radical (unpaired) electrons. The second-order valence-electron chi connectivity index (χ2n) is 4.45. The lowest BCUT2D eigenvalue weighted by molar-refractivity contribution is -0.152. The van der Waals surface area contributed by atoms with Gasteiger partial charge < -0.3 is 15.6 Å². The molecule has 0 amide bonds. The highest BCUT2D eigenvalue weighted by Gasteiger charge is 2.36. The van der Waals surface area contributed by atoms with Gasteiger partial charge in [0.15, 0.2) is 0 Å². The molecule has 1 saturated heterocycles. The van der Waals surface area contributed by atoms with Gasteiger partial charge in [0.1, 0.15) is 6.23 Å². The van der Waals surface area contributed by atoms with Crippen molar-refractivity contribution in [1.82, 2.24) is 0 Å². The summed E-state index contributed by atoms with van der Waals surface area (Å²) in [6.45, 7) is 4.81. The summed E-state index contributed by atoms with van der Waals surface area (Å²) in [6, 6.07) is 0. The molecule has 1 heterocycles. The van der Waals surface area contributed by atoms with E-state index in [1.54, 1.807) is 0 Å². The molecule has 0 saturated carbocycles. The van der Waals surface area contributed by atoms with Gasteiger partial charge in [-0.25, -0.2) is 0 Å². The monoisotopic (exact) mass is 201 g/mol. The van der Waals surface area contributed by atoms with Crippen LogP contribution in [0, 0.1) is 17.8 Å². The Labute approximate surface area is 84.4 Å². The van der Waals surface area contributed by atoms with Crippen LogP contribution in [0.4, 0.5) is 0 Å². The summed E-state index contributed by atoms with van der Waals surface area (Å²) in [5.41, 5.74) is 5.66. The Bertz CT molecular complexity index is 206. The van der Waals surface area contributed by atoms with Crippen molar-refractivity contribution in [2.45, 2.75) is 32.9 Å². The van der Waals surface area contributed by atoms with Crippen LogP contribution in [0.3, 0.4) is 0 Å². The number of carbonyl (C=O) groups is 1. The van der Waals surface area contributed by atoms with Crippen molar-refractivity contribution in [1.29, 1.82) is 0 Å². The van der Waals surface area contributed by atoms with E-state index >= 15 is 0 Å². The molecular weight excluding hydrogens is 182 g/mol. The number of rotatable bonds is 5. The lowest BCUT2D eigenvalue weighted by Gasteiger charge is -2.39. The Morgan fingerprint density at radius 3 is 2.57 bits per heavy atom. The summed E-state index contributed by atoms with van der Waals surface area (Å²) in [6.07, 6.45) is 0.867. The Morgan fingerprint density at radius 1 is 1.64 bits per heavy atom. The molecule has 14 heavy (non-hydrogen) atoms. The molecule has 0 aromatic heterocycles. The molecule has 0 aromatic carbocycles. The zero-order chi connectivity index (χ0) is 10.7. The van der Waals surface area contributed by atoms with Gasteiger partial charge in [0, 0.05) is 12.3 Å². The fraction of sp³-hybridized carbons (Fsp3) is 0.900. The quantitative estimate of drug-likeness (QED) is 0.697. The molecule has 0 spiro atoms. The van der Waals surface area contributed by atoms with Crippen LogP contribution in [0.1, 0.15) is 26.7 Å². The third-order valence-electron chi connectivity index (χ3n) is 2.72. The van der Waals surface area contributed by atoms with Crippen molar-refractivity contribution in [2.75, 3.05) is 6.61 Å². The number of carboxylic acids is 1. The summed E-state index contributed by atoms with van der Waals surface area (Å²) in [7, 11) is 0. The molecule has 0 aliphatic carbocycles. The van der Waals surface area contributed by atoms with E-state index in [1.807, 2.05) is 0 Å². The van der Waals surface area contributed by atoms with E-state index in [0.29, 0.717) is 12.5 Å². The molecule has 4 heteroatoms. The summed E-state index contributed by atoms with van der Waals surface area (Å²) >= 11 is 0. The van der Waals surface area contributed by atoms with Gasteiger partial charge in [0.05, 0.1) is 6.61 Å². The van der Waals surface area contributed by atoms with Crippen LogP contribution >= 0.6 is 0 Å². The maximum absolute atomic E-state index is 10.7. The molecule has 1 rings (SSSR count). The van der Waals surface area contributed by atoms with Crippen molar-refractivity contribution in [3.05, 3.63) is 0 Å². The maximum atomic E-state index is 10.7. The van der Waals surface area contributed by atoms with Gasteiger partial charge in [-0.3, -0.25) is 4.79 Å². The van der Waals surface area contributed by atoms with Gasteiger partial charge in [0.2, 0.25) is 0 Å². The van der Waals surface area contributed by atoms with Crippen LogP contribution in [-0.2, 0) is 9.53 Å². The first-order chi connectivity index (χ1) is 6.50. The third-order valence-corrected chi connectivity index (χ3v) is 2.72. The number of hydrogen-bond donors (Lipinski definition) is 2. The van der Waals surface area contributed by atoms with Crippen molar-refractivity contribution < 1.29 is 14.6 Å². The molecule has 3 atom stereocenters. The molecule has 1 aliphatic heterocycles. The summed E-state index contributed by atoms with van der Waals surface area (Å²) in [5.74, 6) is 0.159. The number of nitrogens with two attached hydrogens (primary N) is 1. The fourth-order valence-corrected chi connectivity index (χ4v) is 1.96. The second-order valence-corrected chi connectivity index (χ2v) is 4.45. The zero-order valence-electron chi connectivity index (χ0n) is 8.77. The van der Waals surface area contributed by atoms with Crippen LogP contribution in [0.5, 0.6) is 0 Å². The number of aliphatic carboxylic acids is 1. The van der Waals surface area contributed by atoms with Crippen LogP contribution in [0.25, 0.3) is 0 Å². The lowest BCUT2D eigenvalue weighted by Crippen LogP contribution is -2.50. The van der Waals surface area contributed by atoms with Crippen molar-refractivity contribution in [3.63, 3.8) is 0 Å². The minimum absolute atomic E-state index is 0.163. The first-order valence-corrected chi connectivity index (χ1v) is 5.09. The number of hydrogen-bond acceptors (Lipinski definition) is 3. The van der Waals surface area contributed by atoms with Gasteiger partial charge >= 0.3 is 5.97 Å². The van der Waals surface area contributed by atoms with Gasteiger partial charge in [-0.05, 0) is 18.3 Å². The molecule has 1 fully saturated rings. The highest BCUT2D eigenvalue weighted by atomic mass is 16.5. The van der Waals surface area contributed by atoms with Gasteiger partial charge in [-0.2, -0.15) is 0 Å². The molecule has 4 nitrogen and oxygen atoms in total. The highest BCUT2D eigenvalue weighted by molar-refractivity contribution is 5.67. The molecule has 1 aliphatic rings. The lowest BCUT2D eigenvalue weighted by atomic mass is 9.80. The van der Waals surface area contributed by atoms with Crippen LogP contribution in [0.15, 0.2) is 0 Å². The molecule has 3 N–H and O–H groups in total. The standard InChI is InChI=1S/C10H19NO3/c1-6(2)3-7(4-9(12)13)8-5-14-10(8)11/h6-8,10H,3-5,11H2,1-2H3,(H,12,13)/t7-,8?,10?/m1/s1. The first kappa shape index (κ1) is 11.5. The predicted octanol–water partition coefficient (Wildman–Crippen LogP) is 1.05. The molecule has 0 bridgehead atoms. The van der Waals surface area contributed by atoms with E-state index in [9.17, 15) is 4.79 Å². The van der Waals surface area contributed by atoms with Crippen molar-refractivity contribution in [3.8, 4) is 0 Å². The zero-order valence-corrected chi connectivity index (χ0v) is 8.77. The largest absolute Gasteiger partial charge is 0.481 e. The minimum atomic E-state index is -0.741. The molecule has 2 unspecified atom stereocenters. The SMILES string of the molecule is CC(C)C[C@H](CC(=O)O)C1COC1N. The van der Waals surface area contributed by atoms with Gasteiger partial charge in [-0.1, -0.05) is 13.8 Å². The predicted molar refractivity (Wildman–Crippen MR) is 52.6 cm³/mol. The summed E-state index contributed by atoms with van der Waals surface area (Å²) in [4.78, 5) is 10.7. The van der Waals surface area contributed by atoms with E-state index in [4.69, 9.17) is 15.6 Å². The highest BCUT2D eigenvalue weighted by Crippen LogP contribution is 2.32.